The van der Waals surface area contributed by atoms with Gasteiger partial charge < -0.3 is 10.1 Å². The smallest absolute Gasteiger partial charge is 0.0649 e. The number of rotatable bonds is 6. The van der Waals surface area contributed by atoms with Crippen molar-refractivity contribution in [3.63, 3.8) is 0 Å². The highest BCUT2D eigenvalue weighted by Gasteiger charge is 2.20. The van der Waals surface area contributed by atoms with Crippen molar-refractivity contribution >= 4 is 0 Å². The Labute approximate surface area is 126 Å². The minimum Gasteiger partial charge on any atom is -0.378 e. The Morgan fingerprint density at radius 3 is 2.90 bits per heavy atom. The van der Waals surface area contributed by atoms with Gasteiger partial charge in [0, 0.05) is 18.8 Å². The number of benzene rings is 1. The molecule has 0 bridgehead atoms. The van der Waals surface area contributed by atoms with Crippen molar-refractivity contribution in [2.24, 2.45) is 0 Å². The van der Waals surface area contributed by atoms with E-state index >= 15 is 0 Å². The van der Waals surface area contributed by atoms with Crippen molar-refractivity contribution in [1.82, 2.24) is 15.1 Å². The Hall–Kier alpha value is -1.65. The summed E-state index contributed by atoms with van der Waals surface area (Å²) in [5.74, 6) is 0. The second-order valence-electron chi connectivity index (χ2n) is 5.56. The van der Waals surface area contributed by atoms with Crippen molar-refractivity contribution in [3.05, 3.63) is 48.3 Å². The number of nitrogens with zero attached hydrogens (tertiary/aromatic N) is 2. The first-order valence-electron chi connectivity index (χ1n) is 7.76. The second kappa shape index (κ2) is 6.87. The van der Waals surface area contributed by atoms with Gasteiger partial charge in [0.15, 0.2) is 0 Å². The molecule has 1 aromatic carbocycles. The third kappa shape index (κ3) is 3.34. The molecule has 1 N–H and O–H groups in total. The Kier molecular flexibility index (Phi) is 4.68. The molecule has 1 saturated heterocycles. The van der Waals surface area contributed by atoms with E-state index in [0.29, 0.717) is 12.1 Å². The number of hydrogen-bond donors (Lipinski definition) is 1. The molecule has 4 nitrogen and oxygen atoms in total. The lowest BCUT2D eigenvalue weighted by Crippen LogP contribution is -2.21. The van der Waals surface area contributed by atoms with E-state index in [2.05, 4.69) is 28.6 Å². The standard InChI is InChI=1S/C17H23N3O/c1-18-16(10-9-15-8-5-13-21-15)17-11-12-19-20(17)14-6-3-2-4-7-14/h2-4,6-7,11-12,15-16,18H,5,8-10,13H2,1H3. The first-order chi connectivity index (χ1) is 10.4. The van der Waals surface area contributed by atoms with Crippen LogP contribution in [0, 0.1) is 0 Å². The molecule has 0 amide bonds. The largest absolute Gasteiger partial charge is 0.378 e. The second-order valence-corrected chi connectivity index (χ2v) is 5.56. The van der Waals surface area contributed by atoms with E-state index < -0.39 is 0 Å². The van der Waals surface area contributed by atoms with E-state index in [-0.39, 0.29) is 0 Å². The minimum absolute atomic E-state index is 0.303. The van der Waals surface area contributed by atoms with Crippen LogP contribution in [0.1, 0.15) is 37.4 Å². The highest BCUT2D eigenvalue weighted by molar-refractivity contribution is 5.33. The zero-order valence-electron chi connectivity index (χ0n) is 12.5. The molecule has 1 aliphatic rings. The van der Waals surface area contributed by atoms with Gasteiger partial charge in [0.05, 0.1) is 17.5 Å². The van der Waals surface area contributed by atoms with Crippen LogP contribution in [0.2, 0.25) is 0 Å². The monoisotopic (exact) mass is 285 g/mol. The third-order valence-corrected chi connectivity index (χ3v) is 4.18. The van der Waals surface area contributed by atoms with Crippen LogP contribution in [0.4, 0.5) is 0 Å². The van der Waals surface area contributed by atoms with Gasteiger partial charge >= 0.3 is 0 Å². The van der Waals surface area contributed by atoms with Crippen molar-refractivity contribution in [1.29, 1.82) is 0 Å². The average Bonchev–Trinajstić information content (AvgIpc) is 3.20. The molecule has 2 aromatic rings. The zero-order chi connectivity index (χ0) is 14.5. The molecule has 1 aliphatic heterocycles. The number of nitrogens with one attached hydrogen (secondary N) is 1. The molecule has 0 spiro atoms. The lowest BCUT2D eigenvalue weighted by Gasteiger charge is -2.19. The fourth-order valence-corrected chi connectivity index (χ4v) is 3.03. The summed E-state index contributed by atoms with van der Waals surface area (Å²) in [5.41, 5.74) is 2.32. The molecule has 0 radical (unpaired) electrons. The summed E-state index contributed by atoms with van der Waals surface area (Å²) >= 11 is 0. The highest BCUT2D eigenvalue weighted by atomic mass is 16.5. The summed E-state index contributed by atoms with van der Waals surface area (Å²) in [6.45, 7) is 0.927. The third-order valence-electron chi connectivity index (χ3n) is 4.18. The average molecular weight is 285 g/mol. The van der Waals surface area contributed by atoms with Gasteiger partial charge in [-0.1, -0.05) is 18.2 Å². The SMILES string of the molecule is CNC(CCC1CCCO1)c1ccnn1-c1ccccc1. The van der Waals surface area contributed by atoms with Crippen LogP contribution in [0.3, 0.4) is 0 Å². The molecule has 4 heteroatoms. The van der Waals surface area contributed by atoms with Gasteiger partial charge in [-0.3, -0.25) is 0 Å². The Bertz CT molecular complexity index is 546. The minimum atomic E-state index is 0.303. The molecule has 0 saturated carbocycles. The van der Waals surface area contributed by atoms with E-state index in [0.717, 1.165) is 25.1 Å². The maximum absolute atomic E-state index is 5.73. The summed E-state index contributed by atoms with van der Waals surface area (Å²) < 4.78 is 7.75. The van der Waals surface area contributed by atoms with Crippen molar-refractivity contribution in [3.8, 4) is 5.69 Å². The van der Waals surface area contributed by atoms with E-state index in [1.807, 2.05) is 36.1 Å². The summed E-state index contributed by atoms with van der Waals surface area (Å²) in [4.78, 5) is 0. The fraction of sp³-hybridized carbons (Fsp3) is 0.471. The lowest BCUT2D eigenvalue weighted by molar-refractivity contribution is 0.0996. The molecule has 2 unspecified atom stereocenters. The molecule has 21 heavy (non-hydrogen) atoms. The van der Waals surface area contributed by atoms with Gasteiger partial charge in [-0.15, -0.1) is 0 Å². The van der Waals surface area contributed by atoms with Crippen LogP contribution in [0.15, 0.2) is 42.6 Å². The first kappa shape index (κ1) is 14.3. The Balaban J connectivity index is 1.73. The predicted molar refractivity (Wildman–Crippen MR) is 83.6 cm³/mol. The molecular formula is C17H23N3O. The number of para-hydroxylation sites is 1. The molecule has 1 fully saturated rings. The Morgan fingerprint density at radius 1 is 1.33 bits per heavy atom. The first-order valence-corrected chi connectivity index (χ1v) is 7.76. The summed E-state index contributed by atoms with van der Waals surface area (Å²) in [5, 5.41) is 7.90. The van der Waals surface area contributed by atoms with Crippen LogP contribution in [0.5, 0.6) is 0 Å². The number of ether oxygens (including phenoxy) is 1. The quantitative estimate of drug-likeness (QED) is 0.886. The van der Waals surface area contributed by atoms with Gasteiger partial charge in [0.2, 0.25) is 0 Å². The van der Waals surface area contributed by atoms with Crippen LogP contribution in [-0.2, 0) is 4.74 Å². The summed E-state index contributed by atoms with van der Waals surface area (Å²) in [6.07, 6.45) is 6.89. The molecule has 2 atom stereocenters. The zero-order valence-corrected chi connectivity index (χ0v) is 12.5. The molecule has 3 rings (SSSR count). The molecule has 2 heterocycles. The molecular weight excluding hydrogens is 262 g/mol. The van der Waals surface area contributed by atoms with Crippen LogP contribution < -0.4 is 5.32 Å². The molecule has 1 aromatic heterocycles. The van der Waals surface area contributed by atoms with Gasteiger partial charge in [0.25, 0.3) is 0 Å². The van der Waals surface area contributed by atoms with E-state index in [1.165, 1.54) is 18.5 Å². The van der Waals surface area contributed by atoms with Gasteiger partial charge in [0.1, 0.15) is 0 Å². The maximum atomic E-state index is 5.73. The summed E-state index contributed by atoms with van der Waals surface area (Å²) in [6, 6.07) is 12.7. The van der Waals surface area contributed by atoms with E-state index in [9.17, 15) is 0 Å². The number of aromatic nitrogens is 2. The fourth-order valence-electron chi connectivity index (χ4n) is 3.03. The van der Waals surface area contributed by atoms with Crippen molar-refractivity contribution in [2.75, 3.05) is 13.7 Å². The maximum Gasteiger partial charge on any atom is 0.0649 e. The van der Waals surface area contributed by atoms with Gasteiger partial charge in [-0.05, 0) is 50.9 Å². The van der Waals surface area contributed by atoms with E-state index in [4.69, 9.17) is 4.74 Å². The van der Waals surface area contributed by atoms with Crippen molar-refractivity contribution < 1.29 is 4.74 Å². The van der Waals surface area contributed by atoms with Crippen LogP contribution in [0.25, 0.3) is 5.69 Å². The molecule has 0 aliphatic carbocycles. The van der Waals surface area contributed by atoms with E-state index in [1.54, 1.807) is 0 Å². The van der Waals surface area contributed by atoms with Crippen LogP contribution >= 0.6 is 0 Å². The predicted octanol–water partition coefficient (Wildman–Crippen LogP) is 3.09. The van der Waals surface area contributed by atoms with Gasteiger partial charge in [-0.2, -0.15) is 5.10 Å². The normalized spacial score (nSPS) is 19.8. The highest BCUT2D eigenvalue weighted by Crippen LogP contribution is 2.25. The van der Waals surface area contributed by atoms with Crippen LogP contribution in [-0.4, -0.2) is 29.5 Å². The van der Waals surface area contributed by atoms with Crippen molar-refractivity contribution in [2.45, 2.75) is 37.8 Å². The number of hydrogen-bond acceptors (Lipinski definition) is 3. The van der Waals surface area contributed by atoms with Gasteiger partial charge in [-0.25, -0.2) is 4.68 Å². The lowest BCUT2D eigenvalue weighted by atomic mass is 10.0. The molecule has 112 valence electrons. The Morgan fingerprint density at radius 2 is 2.19 bits per heavy atom. The topological polar surface area (TPSA) is 39.1 Å². The summed E-state index contributed by atoms with van der Waals surface area (Å²) in [7, 11) is 2.02.